The smallest absolute Gasteiger partial charge is 0.121 e. The average Bonchev–Trinajstić information content (AvgIpc) is 2.69. The zero-order chi connectivity index (χ0) is 19.3. The Kier molecular flexibility index (Phi) is 4.34. The molecule has 4 atom stereocenters. The topological polar surface area (TPSA) is 80.9 Å². The highest BCUT2D eigenvalue weighted by Gasteiger charge is 2.62. The first-order valence-corrected chi connectivity index (χ1v) is 9.82. The second kappa shape index (κ2) is 6.33. The van der Waals surface area contributed by atoms with Crippen molar-refractivity contribution in [1.29, 1.82) is 0 Å². The standard InChI is InChI=1S/C23H28O4/c1-2-21-14-22(26,15-24)23(27,17-6-4-3-5-7-17)13-18(21)9-8-16-12-19(25)10-11-20(16)21/h3-7,10-12,18,24-27H,2,8-9,13-15H2,1H3/t18-,21-,22+,23-/m1/s1. The average molecular weight is 368 g/mol. The highest BCUT2D eigenvalue weighted by Crippen LogP contribution is 2.60. The van der Waals surface area contributed by atoms with E-state index in [1.807, 2.05) is 42.5 Å². The van der Waals surface area contributed by atoms with Crippen molar-refractivity contribution in [1.82, 2.24) is 0 Å². The third-order valence-electron chi connectivity index (χ3n) is 7.23. The second-order valence-corrected chi connectivity index (χ2v) is 8.38. The highest BCUT2D eigenvalue weighted by atomic mass is 16.4. The predicted molar refractivity (Wildman–Crippen MR) is 103 cm³/mol. The number of aliphatic hydroxyl groups is 3. The molecule has 0 spiro atoms. The number of aryl methyl sites for hydroxylation is 1. The molecule has 4 rings (SSSR count). The highest BCUT2D eigenvalue weighted by molar-refractivity contribution is 5.45. The van der Waals surface area contributed by atoms with Crippen LogP contribution in [0.25, 0.3) is 0 Å². The molecule has 0 aliphatic heterocycles. The van der Waals surface area contributed by atoms with E-state index in [0.717, 1.165) is 30.4 Å². The largest absolute Gasteiger partial charge is 0.508 e. The van der Waals surface area contributed by atoms with E-state index in [1.54, 1.807) is 6.07 Å². The molecule has 4 heteroatoms. The van der Waals surface area contributed by atoms with Gasteiger partial charge in [-0.25, -0.2) is 0 Å². The van der Waals surface area contributed by atoms with Gasteiger partial charge < -0.3 is 20.4 Å². The summed E-state index contributed by atoms with van der Waals surface area (Å²) in [5.41, 5.74) is -0.532. The summed E-state index contributed by atoms with van der Waals surface area (Å²) in [5, 5.41) is 43.3. The summed E-state index contributed by atoms with van der Waals surface area (Å²) in [6.45, 7) is 1.61. The predicted octanol–water partition coefficient (Wildman–Crippen LogP) is 3.01. The first-order valence-electron chi connectivity index (χ1n) is 9.82. The first-order chi connectivity index (χ1) is 12.9. The number of aliphatic hydroxyl groups excluding tert-OH is 1. The fourth-order valence-corrected chi connectivity index (χ4v) is 5.74. The van der Waals surface area contributed by atoms with Crippen LogP contribution in [0.4, 0.5) is 0 Å². The molecular formula is C23H28O4. The van der Waals surface area contributed by atoms with E-state index < -0.39 is 17.8 Å². The summed E-state index contributed by atoms with van der Waals surface area (Å²) in [7, 11) is 0. The minimum absolute atomic E-state index is 0.191. The van der Waals surface area contributed by atoms with Crippen LogP contribution in [-0.2, 0) is 17.4 Å². The lowest BCUT2D eigenvalue weighted by Crippen LogP contribution is -2.65. The van der Waals surface area contributed by atoms with Crippen LogP contribution in [-0.4, -0.2) is 32.6 Å². The van der Waals surface area contributed by atoms with Gasteiger partial charge in [0.05, 0.1) is 6.61 Å². The molecule has 1 fully saturated rings. The van der Waals surface area contributed by atoms with Crippen LogP contribution in [0, 0.1) is 5.92 Å². The summed E-state index contributed by atoms with van der Waals surface area (Å²) in [6.07, 6.45) is 3.24. The van der Waals surface area contributed by atoms with Crippen molar-refractivity contribution in [2.75, 3.05) is 6.61 Å². The number of rotatable bonds is 3. The van der Waals surface area contributed by atoms with Crippen molar-refractivity contribution in [3.63, 3.8) is 0 Å². The van der Waals surface area contributed by atoms with Crippen molar-refractivity contribution in [3.8, 4) is 5.75 Å². The van der Waals surface area contributed by atoms with E-state index in [0.29, 0.717) is 18.4 Å². The Bertz CT molecular complexity index is 836. The minimum Gasteiger partial charge on any atom is -0.508 e. The number of hydrogen-bond donors (Lipinski definition) is 4. The number of aromatic hydroxyl groups is 1. The lowest BCUT2D eigenvalue weighted by Gasteiger charge is -2.59. The van der Waals surface area contributed by atoms with E-state index in [1.165, 1.54) is 0 Å². The molecule has 0 heterocycles. The molecule has 0 aromatic heterocycles. The zero-order valence-electron chi connectivity index (χ0n) is 15.7. The van der Waals surface area contributed by atoms with Crippen molar-refractivity contribution in [2.45, 2.75) is 55.6 Å². The number of hydrogen-bond acceptors (Lipinski definition) is 4. The molecule has 0 unspecified atom stereocenters. The molecule has 1 saturated carbocycles. The van der Waals surface area contributed by atoms with Crippen molar-refractivity contribution in [2.24, 2.45) is 5.92 Å². The lowest BCUT2D eigenvalue weighted by molar-refractivity contribution is -0.229. The van der Waals surface area contributed by atoms with Gasteiger partial charge in [0.2, 0.25) is 0 Å². The van der Waals surface area contributed by atoms with E-state index in [9.17, 15) is 20.4 Å². The number of phenolic OH excluding ortho intramolecular Hbond substituents is 1. The van der Waals surface area contributed by atoms with Crippen molar-refractivity contribution in [3.05, 3.63) is 65.2 Å². The molecule has 2 aliphatic carbocycles. The number of phenols is 1. The Morgan fingerprint density at radius 2 is 1.81 bits per heavy atom. The molecule has 0 saturated heterocycles. The van der Waals surface area contributed by atoms with E-state index in [2.05, 4.69) is 6.92 Å². The first kappa shape index (κ1) is 18.5. The zero-order valence-corrected chi connectivity index (χ0v) is 15.7. The Morgan fingerprint density at radius 3 is 2.48 bits per heavy atom. The summed E-state index contributed by atoms with van der Waals surface area (Å²) in [5.74, 6) is 0.448. The molecule has 27 heavy (non-hydrogen) atoms. The van der Waals surface area contributed by atoms with E-state index in [4.69, 9.17) is 0 Å². The Labute approximate surface area is 160 Å². The van der Waals surface area contributed by atoms with Crippen molar-refractivity contribution >= 4 is 0 Å². The minimum atomic E-state index is -1.63. The lowest BCUT2D eigenvalue weighted by atomic mass is 9.48. The molecule has 0 bridgehead atoms. The van der Waals surface area contributed by atoms with Gasteiger partial charge in [-0.2, -0.15) is 0 Å². The summed E-state index contributed by atoms with van der Waals surface area (Å²) < 4.78 is 0. The van der Waals surface area contributed by atoms with E-state index in [-0.39, 0.29) is 17.1 Å². The van der Waals surface area contributed by atoms with Gasteiger partial charge in [-0.1, -0.05) is 43.3 Å². The van der Waals surface area contributed by atoms with Gasteiger partial charge in [-0.05, 0) is 66.8 Å². The maximum Gasteiger partial charge on any atom is 0.121 e. The summed E-state index contributed by atoms with van der Waals surface area (Å²) in [6, 6.07) is 14.7. The molecule has 4 N–H and O–H groups in total. The van der Waals surface area contributed by atoms with Gasteiger partial charge in [0.15, 0.2) is 0 Å². The van der Waals surface area contributed by atoms with E-state index >= 15 is 0 Å². The molecule has 0 amide bonds. The third kappa shape index (κ3) is 2.54. The number of fused-ring (bicyclic) bond motifs is 3. The molecule has 2 aliphatic rings. The second-order valence-electron chi connectivity index (χ2n) is 8.38. The molecule has 0 radical (unpaired) electrons. The fraction of sp³-hybridized carbons (Fsp3) is 0.478. The van der Waals surface area contributed by atoms with Crippen LogP contribution in [0.3, 0.4) is 0 Å². The normalized spacial score (nSPS) is 35.3. The van der Waals surface area contributed by atoms with Crippen LogP contribution in [0.1, 0.15) is 49.3 Å². The van der Waals surface area contributed by atoms with Crippen LogP contribution >= 0.6 is 0 Å². The quantitative estimate of drug-likeness (QED) is 0.671. The van der Waals surface area contributed by atoms with Gasteiger partial charge >= 0.3 is 0 Å². The fourth-order valence-electron chi connectivity index (χ4n) is 5.74. The monoisotopic (exact) mass is 368 g/mol. The SMILES string of the molecule is CC[C@@]12C[C@](O)(CO)[C@](O)(c3ccccc3)C[C@H]1CCc1cc(O)ccc12. The van der Waals surface area contributed by atoms with Crippen LogP contribution in [0.5, 0.6) is 5.75 Å². The molecule has 4 nitrogen and oxygen atoms in total. The van der Waals surface area contributed by atoms with Gasteiger partial charge in [0.1, 0.15) is 17.0 Å². The van der Waals surface area contributed by atoms with Crippen LogP contribution in [0.15, 0.2) is 48.5 Å². The summed E-state index contributed by atoms with van der Waals surface area (Å²) >= 11 is 0. The Balaban J connectivity index is 1.86. The Hall–Kier alpha value is -1.88. The molecular weight excluding hydrogens is 340 g/mol. The number of benzene rings is 2. The summed E-state index contributed by atoms with van der Waals surface area (Å²) in [4.78, 5) is 0. The maximum atomic E-state index is 11.7. The maximum absolute atomic E-state index is 11.7. The van der Waals surface area contributed by atoms with Crippen molar-refractivity contribution < 1.29 is 20.4 Å². The van der Waals surface area contributed by atoms with Gasteiger partial charge in [0.25, 0.3) is 0 Å². The third-order valence-corrected chi connectivity index (χ3v) is 7.23. The molecule has 144 valence electrons. The van der Waals surface area contributed by atoms with Crippen LogP contribution < -0.4 is 0 Å². The molecule has 2 aromatic rings. The Morgan fingerprint density at radius 1 is 1.07 bits per heavy atom. The van der Waals surface area contributed by atoms with Gasteiger partial charge in [-0.3, -0.25) is 0 Å². The van der Waals surface area contributed by atoms with Gasteiger partial charge in [-0.15, -0.1) is 0 Å². The van der Waals surface area contributed by atoms with Gasteiger partial charge in [0, 0.05) is 5.41 Å². The van der Waals surface area contributed by atoms with Crippen LogP contribution in [0.2, 0.25) is 0 Å². The molecule has 2 aromatic carbocycles.